The maximum Gasteiger partial charge on any atom is 0.233 e. The summed E-state index contributed by atoms with van der Waals surface area (Å²) < 4.78 is 0.872. The summed E-state index contributed by atoms with van der Waals surface area (Å²) in [5.74, 6) is 0.0924. The molecule has 1 aliphatic rings. The number of likely N-dealkylation sites (tertiary alicyclic amines) is 1. The Labute approximate surface area is 128 Å². The van der Waals surface area contributed by atoms with Crippen molar-refractivity contribution in [3.8, 4) is 0 Å². The SMILES string of the molecule is CNC(=O)CN1CCC(NCc2cccc(Br)n2)CC1. The van der Waals surface area contributed by atoms with Crippen LogP contribution in [0.25, 0.3) is 0 Å². The zero-order valence-electron chi connectivity index (χ0n) is 11.7. The first-order chi connectivity index (χ1) is 9.67. The van der Waals surface area contributed by atoms with Gasteiger partial charge in [-0.15, -0.1) is 0 Å². The van der Waals surface area contributed by atoms with Crippen molar-refractivity contribution in [1.29, 1.82) is 0 Å². The van der Waals surface area contributed by atoms with Gasteiger partial charge in [0.1, 0.15) is 4.60 Å². The predicted octanol–water partition coefficient (Wildman–Crippen LogP) is 1.14. The summed E-state index contributed by atoms with van der Waals surface area (Å²) >= 11 is 3.38. The van der Waals surface area contributed by atoms with Gasteiger partial charge in [0.25, 0.3) is 0 Å². The number of aromatic nitrogens is 1. The number of carbonyl (C=O) groups is 1. The normalized spacial score (nSPS) is 17.1. The molecule has 20 heavy (non-hydrogen) atoms. The zero-order chi connectivity index (χ0) is 14.4. The van der Waals surface area contributed by atoms with Crippen LogP contribution in [0.5, 0.6) is 0 Å². The molecule has 2 rings (SSSR count). The van der Waals surface area contributed by atoms with Crippen molar-refractivity contribution in [2.45, 2.75) is 25.4 Å². The van der Waals surface area contributed by atoms with Gasteiger partial charge in [-0.05, 0) is 40.9 Å². The van der Waals surface area contributed by atoms with Crippen LogP contribution in [0.3, 0.4) is 0 Å². The average molecular weight is 341 g/mol. The van der Waals surface area contributed by atoms with Crippen molar-refractivity contribution in [3.05, 3.63) is 28.5 Å². The molecule has 0 aliphatic carbocycles. The zero-order valence-corrected chi connectivity index (χ0v) is 13.3. The fraction of sp³-hybridized carbons (Fsp3) is 0.571. The molecule has 2 heterocycles. The molecule has 1 amide bonds. The van der Waals surface area contributed by atoms with Crippen LogP contribution in [0.15, 0.2) is 22.8 Å². The van der Waals surface area contributed by atoms with E-state index in [1.54, 1.807) is 7.05 Å². The highest BCUT2D eigenvalue weighted by Gasteiger charge is 2.20. The highest BCUT2D eigenvalue weighted by molar-refractivity contribution is 9.10. The number of hydrogen-bond acceptors (Lipinski definition) is 4. The van der Waals surface area contributed by atoms with Crippen molar-refractivity contribution in [3.63, 3.8) is 0 Å². The molecule has 0 unspecified atom stereocenters. The summed E-state index contributed by atoms with van der Waals surface area (Å²) in [6.45, 7) is 3.24. The molecule has 110 valence electrons. The van der Waals surface area contributed by atoms with E-state index in [0.29, 0.717) is 12.6 Å². The fourth-order valence-corrected chi connectivity index (χ4v) is 2.76. The van der Waals surface area contributed by atoms with Crippen LogP contribution < -0.4 is 10.6 Å². The maximum atomic E-state index is 11.3. The summed E-state index contributed by atoms with van der Waals surface area (Å²) in [6.07, 6.45) is 2.15. The molecule has 0 atom stereocenters. The lowest BCUT2D eigenvalue weighted by molar-refractivity contribution is -0.122. The number of hydrogen-bond donors (Lipinski definition) is 2. The number of piperidine rings is 1. The van der Waals surface area contributed by atoms with E-state index in [9.17, 15) is 4.79 Å². The van der Waals surface area contributed by atoms with Crippen LogP contribution in [-0.2, 0) is 11.3 Å². The van der Waals surface area contributed by atoms with Crippen molar-refractivity contribution in [1.82, 2.24) is 20.5 Å². The van der Waals surface area contributed by atoms with E-state index in [0.717, 1.165) is 42.8 Å². The van der Waals surface area contributed by atoms with E-state index in [1.165, 1.54) is 0 Å². The van der Waals surface area contributed by atoms with Gasteiger partial charge in [-0.3, -0.25) is 9.69 Å². The van der Waals surface area contributed by atoms with Crippen LogP contribution in [0.1, 0.15) is 18.5 Å². The molecule has 0 aromatic carbocycles. The van der Waals surface area contributed by atoms with Crippen LogP contribution in [0.2, 0.25) is 0 Å². The lowest BCUT2D eigenvalue weighted by atomic mass is 10.0. The summed E-state index contributed by atoms with van der Waals surface area (Å²) in [4.78, 5) is 17.9. The first kappa shape index (κ1) is 15.4. The van der Waals surface area contributed by atoms with E-state index in [4.69, 9.17) is 0 Å². The molecular formula is C14H21BrN4O. The smallest absolute Gasteiger partial charge is 0.233 e. The Balaban J connectivity index is 1.70. The van der Waals surface area contributed by atoms with Crippen molar-refractivity contribution < 1.29 is 4.79 Å². The molecule has 1 saturated heterocycles. The molecule has 0 radical (unpaired) electrons. The molecule has 5 nitrogen and oxygen atoms in total. The van der Waals surface area contributed by atoms with Gasteiger partial charge in [0, 0.05) is 32.7 Å². The van der Waals surface area contributed by atoms with Crippen LogP contribution >= 0.6 is 15.9 Å². The lowest BCUT2D eigenvalue weighted by Crippen LogP contribution is -2.45. The Morgan fingerprint density at radius 2 is 2.20 bits per heavy atom. The highest BCUT2D eigenvalue weighted by atomic mass is 79.9. The third-order valence-electron chi connectivity index (χ3n) is 3.58. The molecule has 2 N–H and O–H groups in total. The van der Waals surface area contributed by atoms with Crippen LogP contribution in [0, 0.1) is 0 Å². The molecule has 1 aromatic heterocycles. The van der Waals surface area contributed by atoms with Crippen LogP contribution in [-0.4, -0.2) is 48.5 Å². The van der Waals surface area contributed by atoms with Gasteiger partial charge in [0.15, 0.2) is 0 Å². The minimum absolute atomic E-state index is 0.0924. The third kappa shape index (κ3) is 4.85. The van der Waals surface area contributed by atoms with Crippen molar-refractivity contribution in [2.24, 2.45) is 0 Å². The maximum absolute atomic E-state index is 11.3. The van der Waals surface area contributed by atoms with Crippen molar-refractivity contribution in [2.75, 3.05) is 26.7 Å². The monoisotopic (exact) mass is 340 g/mol. The number of likely N-dealkylation sites (N-methyl/N-ethyl adjacent to an activating group) is 1. The first-order valence-corrected chi connectivity index (χ1v) is 7.74. The molecule has 1 fully saturated rings. The summed E-state index contributed by atoms with van der Waals surface area (Å²) in [6, 6.07) is 6.47. The Kier molecular flexibility index (Phi) is 5.94. The second-order valence-corrected chi connectivity index (χ2v) is 5.87. The molecule has 0 saturated carbocycles. The van der Waals surface area contributed by atoms with E-state index in [-0.39, 0.29) is 5.91 Å². The Morgan fingerprint density at radius 1 is 1.45 bits per heavy atom. The van der Waals surface area contributed by atoms with E-state index in [1.807, 2.05) is 18.2 Å². The summed E-state index contributed by atoms with van der Waals surface area (Å²) in [5, 5.41) is 6.21. The largest absolute Gasteiger partial charge is 0.358 e. The van der Waals surface area contributed by atoms with Crippen molar-refractivity contribution >= 4 is 21.8 Å². The Bertz CT molecular complexity index is 447. The second kappa shape index (κ2) is 7.71. The highest BCUT2D eigenvalue weighted by Crippen LogP contribution is 2.11. The number of nitrogens with zero attached hydrogens (tertiary/aromatic N) is 2. The van der Waals surface area contributed by atoms with Crippen LogP contribution in [0.4, 0.5) is 0 Å². The molecule has 6 heteroatoms. The van der Waals surface area contributed by atoms with Gasteiger partial charge in [-0.25, -0.2) is 4.98 Å². The molecule has 0 spiro atoms. The van der Waals surface area contributed by atoms with E-state index in [2.05, 4.69) is 36.4 Å². The second-order valence-electron chi connectivity index (χ2n) is 5.06. The minimum Gasteiger partial charge on any atom is -0.358 e. The van der Waals surface area contributed by atoms with Gasteiger partial charge in [0.2, 0.25) is 5.91 Å². The fourth-order valence-electron chi connectivity index (χ4n) is 2.38. The average Bonchev–Trinajstić information content (AvgIpc) is 2.46. The number of carbonyl (C=O) groups excluding carboxylic acids is 1. The number of amides is 1. The first-order valence-electron chi connectivity index (χ1n) is 6.95. The number of pyridine rings is 1. The lowest BCUT2D eigenvalue weighted by Gasteiger charge is -2.31. The van der Waals surface area contributed by atoms with Gasteiger partial charge in [-0.1, -0.05) is 6.07 Å². The van der Waals surface area contributed by atoms with E-state index < -0.39 is 0 Å². The Hall–Kier alpha value is -0.980. The third-order valence-corrected chi connectivity index (χ3v) is 4.02. The molecule has 1 aromatic rings. The Morgan fingerprint density at radius 3 is 2.85 bits per heavy atom. The molecule has 1 aliphatic heterocycles. The van der Waals surface area contributed by atoms with Gasteiger partial charge in [-0.2, -0.15) is 0 Å². The topological polar surface area (TPSA) is 57.3 Å². The van der Waals surface area contributed by atoms with Gasteiger partial charge in [0.05, 0.1) is 12.2 Å². The summed E-state index contributed by atoms with van der Waals surface area (Å²) in [7, 11) is 1.68. The number of halogens is 1. The van der Waals surface area contributed by atoms with E-state index >= 15 is 0 Å². The summed E-state index contributed by atoms with van der Waals surface area (Å²) in [5.41, 5.74) is 1.05. The molecule has 0 bridgehead atoms. The van der Waals surface area contributed by atoms with Gasteiger partial charge < -0.3 is 10.6 Å². The molecular weight excluding hydrogens is 320 g/mol. The quantitative estimate of drug-likeness (QED) is 0.789. The van der Waals surface area contributed by atoms with Gasteiger partial charge >= 0.3 is 0 Å². The number of nitrogens with one attached hydrogen (secondary N) is 2. The minimum atomic E-state index is 0.0924. The predicted molar refractivity (Wildman–Crippen MR) is 82.3 cm³/mol. The number of rotatable bonds is 5. The standard InChI is InChI=1S/C14H21BrN4O/c1-16-14(20)10-19-7-5-11(6-8-19)17-9-12-3-2-4-13(15)18-12/h2-4,11,17H,5-10H2,1H3,(H,16,20).